The van der Waals surface area contributed by atoms with E-state index in [2.05, 4.69) is 20.5 Å². The third kappa shape index (κ3) is 3.57. The molecule has 1 heterocycles. The van der Waals surface area contributed by atoms with Gasteiger partial charge in [-0.25, -0.2) is 5.10 Å². The van der Waals surface area contributed by atoms with Gasteiger partial charge >= 0.3 is 0 Å². The molecule has 0 aliphatic rings. The number of carbonyl (C=O) groups excluding carboxylic acids is 1. The largest absolute Gasteiger partial charge is 0.294 e. The highest BCUT2D eigenvalue weighted by molar-refractivity contribution is 8.00. The second-order valence-electron chi connectivity index (χ2n) is 2.03. The molecule has 0 atom stereocenters. The van der Waals surface area contributed by atoms with E-state index in [1.165, 1.54) is 18.1 Å². The highest BCUT2D eigenvalue weighted by Gasteiger charge is 2.02. The lowest BCUT2D eigenvalue weighted by Crippen LogP contribution is -2.15. The van der Waals surface area contributed by atoms with Crippen molar-refractivity contribution in [3.63, 3.8) is 0 Å². The zero-order valence-electron chi connectivity index (χ0n) is 6.65. The van der Waals surface area contributed by atoms with Gasteiger partial charge in [-0.05, 0) is 0 Å². The maximum absolute atomic E-state index is 11.1. The SMILES string of the molecule is N#CCSCC(=O)Nc1ncn[nH]1. The number of hydrogen-bond donors (Lipinski definition) is 2. The molecular weight excluding hydrogens is 190 g/mol. The van der Waals surface area contributed by atoms with E-state index in [-0.39, 0.29) is 11.7 Å². The lowest BCUT2D eigenvalue weighted by Gasteiger charge is -1.97. The summed E-state index contributed by atoms with van der Waals surface area (Å²) in [7, 11) is 0. The maximum atomic E-state index is 11.1. The van der Waals surface area contributed by atoms with Crippen LogP contribution in [-0.4, -0.2) is 32.6 Å². The average Bonchev–Trinajstić information content (AvgIpc) is 2.57. The molecule has 0 fully saturated rings. The zero-order valence-corrected chi connectivity index (χ0v) is 7.47. The average molecular weight is 197 g/mol. The van der Waals surface area contributed by atoms with Crippen LogP contribution in [-0.2, 0) is 4.79 Å². The quantitative estimate of drug-likeness (QED) is 0.662. The number of nitrogens with zero attached hydrogens (tertiary/aromatic N) is 3. The minimum atomic E-state index is -0.197. The summed E-state index contributed by atoms with van der Waals surface area (Å²) >= 11 is 1.25. The zero-order chi connectivity index (χ0) is 9.52. The van der Waals surface area contributed by atoms with Crippen molar-refractivity contribution in [2.45, 2.75) is 0 Å². The van der Waals surface area contributed by atoms with Crippen LogP contribution >= 0.6 is 11.8 Å². The molecule has 0 saturated carbocycles. The van der Waals surface area contributed by atoms with Gasteiger partial charge in [0, 0.05) is 0 Å². The number of aromatic nitrogens is 3. The van der Waals surface area contributed by atoms with Crippen molar-refractivity contribution in [1.29, 1.82) is 5.26 Å². The predicted octanol–water partition coefficient (Wildman–Crippen LogP) is -0.0000200. The molecule has 7 heteroatoms. The molecule has 1 aromatic rings. The number of nitrogens with one attached hydrogen (secondary N) is 2. The fourth-order valence-electron chi connectivity index (χ4n) is 0.623. The van der Waals surface area contributed by atoms with Crippen LogP contribution in [0.1, 0.15) is 0 Å². The molecule has 0 radical (unpaired) electrons. The van der Waals surface area contributed by atoms with Gasteiger partial charge in [0.05, 0.1) is 17.6 Å². The third-order valence-corrected chi connectivity index (χ3v) is 1.87. The minimum absolute atomic E-state index is 0.197. The molecule has 1 aromatic heterocycles. The molecule has 0 bridgehead atoms. The maximum Gasteiger partial charge on any atom is 0.236 e. The molecule has 1 amide bonds. The van der Waals surface area contributed by atoms with Crippen molar-refractivity contribution in [2.24, 2.45) is 0 Å². The topological polar surface area (TPSA) is 94.5 Å². The molecule has 6 nitrogen and oxygen atoms in total. The van der Waals surface area contributed by atoms with Crippen LogP contribution in [0.3, 0.4) is 0 Å². The van der Waals surface area contributed by atoms with Crippen LogP contribution in [0.4, 0.5) is 5.95 Å². The van der Waals surface area contributed by atoms with E-state index in [0.29, 0.717) is 11.7 Å². The fourth-order valence-corrected chi connectivity index (χ4v) is 1.07. The Labute approximate surface area is 78.7 Å². The Kier molecular flexibility index (Phi) is 3.78. The van der Waals surface area contributed by atoms with Crippen molar-refractivity contribution in [1.82, 2.24) is 15.2 Å². The van der Waals surface area contributed by atoms with Gasteiger partial charge in [0.2, 0.25) is 11.9 Å². The van der Waals surface area contributed by atoms with Crippen LogP contribution in [0, 0.1) is 11.3 Å². The third-order valence-electron chi connectivity index (χ3n) is 1.07. The molecule has 0 saturated heterocycles. The van der Waals surface area contributed by atoms with Crippen LogP contribution < -0.4 is 5.32 Å². The molecule has 0 aliphatic carbocycles. The Bertz CT molecular complexity index is 303. The summed E-state index contributed by atoms with van der Waals surface area (Å²) in [6.45, 7) is 0. The van der Waals surface area contributed by atoms with Gasteiger partial charge in [0.15, 0.2) is 0 Å². The number of aromatic amines is 1. The molecule has 0 spiro atoms. The number of carbonyl (C=O) groups is 1. The highest BCUT2D eigenvalue weighted by Crippen LogP contribution is 2.00. The van der Waals surface area contributed by atoms with E-state index in [0.717, 1.165) is 0 Å². The van der Waals surface area contributed by atoms with Crippen molar-refractivity contribution >= 4 is 23.6 Å². The fraction of sp³-hybridized carbons (Fsp3) is 0.333. The van der Waals surface area contributed by atoms with Gasteiger partial charge in [-0.2, -0.15) is 15.3 Å². The highest BCUT2D eigenvalue weighted by atomic mass is 32.2. The Morgan fingerprint density at radius 1 is 1.85 bits per heavy atom. The monoisotopic (exact) mass is 197 g/mol. The Hall–Kier alpha value is -1.55. The molecular formula is C6H7N5OS. The van der Waals surface area contributed by atoms with Gasteiger partial charge in [-0.15, -0.1) is 11.8 Å². The van der Waals surface area contributed by atoms with Gasteiger partial charge in [0.25, 0.3) is 0 Å². The molecule has 13 heavy (non-hydrogen) atoms. The van der Waals surface area contributed by atoms with Crippen LogP contribution in [0.5, 0.6) is 0 Å². The van der Waals surface area contributed by atoms with Crippen molar-refractivity contribution in [2.75, 3.05) is 16.8 Å². The van der Waals surface area contributed by atoms with Gasteiger partial charge in [-0.3, -0.25) is 10.1 Å². The number of thioether (sulfide) groups is 1. The Morgan fingerprint density at radius 2 is 2.69 bits per heavy atom. The smallest absolute Gasteiger partial charge is 0.236 e. The summed E-state index contributed by atoms with van der Waals surface area (Å²) < 4.78 is 0. The van der Waals surface area contributed by atoms with Gasteiger partial charge in [0.1, 0.15) is 6.33 Å². The summed E-state index contributed by atoms with van der Waals surface area (Å²) in [6, 6.07) is 1.93. The number of H-pyrrole nitrogens is 1. The van der Waals surface area contributed by atoms with Crippen LogP contribution in [0.25, 0.3) is 0 Å². The molecule has 1 rings (SSSR count). The van der Waals surface area contributed by atoms with E-state index in [4.69, 9.17) is 5.26 Å². The van der Waals surface area contributed by atoms with E-state index < -0.39 is 0 Å². The van der Waals surface area contributed by atoms with Crippen LogP contribution in [0.2, 0.25) is 0 Å². The second kappa shape index (κ2) is 5.16. The van der Waals surface area contributed by atoms with E-state index in [1.54, 1.807) is 0 Å². The summed E-state index contributed by atoms with van der Waals surface area (Å²) in [4.78, 5) is 14.8. The first-order valence-electron chi connectivity index (χ1n) is 3.43. The summed E-state index contributed by atoms with van der Waals surface area (Å²) in [5.74, 6) is 0.678. The minimum Gasteiger partial charge on any atom is -0.294 e. The number of nitriles is 1. The standard InChI is InChI=1S/C6H7N5OS/c7-1-2-13-3-5(12)10-6-8-4-9-11-6/h4H,2-3H2,(H2,8,9,10,11,12). The summed E-state index contributed by atoms with van der Waals surface area (Å²) in [5.41, 5.74) is 0. The number of hydrogen-bond acceptors (Lipinski definition) is 5. The van der Waals surface area contributed by atoms with E-state index in [1.807, 2.05) is 6.07 Å². The van der Waals surface area contributed by atoms with Crippen LogP contribution in [0.15, 0.2) is 6.33 Å². The summed E-state index contributed by atoms with van der Waals surface area (Å²) in [5, 5.41) is 16.7. The van der Waals surface area contributed by atoms with E-state index in [9.17, 15) is 4.79 Å². The van der Waals surface area contributed by atoms with Crippen molar-refractivity contribution in [3.8, 4) is 6.07 Å². The van der Waals surface area contributed by atoms with Crippen molar-refractivity contribution < 1.29 is 4.79 Å². The van der Waals surface area contributed by atoms with E-state index >= 15 is 0 Å². The number of rotatable bonds is 4. The normalized spacial score (nSPS) is 9.15. The lowest BCUT2D eigenvalue weighted by molar-refractivity contribution is -0.113. The Balaban J connectivity index is 2.23. The first-order chi connectivity index (χ1) is 6.33. The predicted molar refractivity (Wildman–Crippen MR) is 48.0 cm³/mol. The first-order valence-corrected chi connectivity index (χ1v) is 4.58. The molecule has 0 unspecified atom stereocenters. The number of amides is 1. The molecule has 68 valence electrons. The number of anilines is 1. The lowest BCUT2D eigenvalue weighted by atomic mass is 10.7. The Morgan fingerprint density at radius 3 is 3.31 bits per heavy atom. The second-order valence-corrected chi connectivity index (χ2v) is 3.02. The van der Waals surface area contributed by atoms with Crippen molar-refractivity contribution in [3.05, 3.63) is 6.33 Å². The van der Waals surface area contributed by atoms with Gasteiger partial charge < -0.3 is 0 Å². The first kappa shape index (κ1) is 9.54. The molecule has 2 N–H and O–H groups in total. The molecule has 0 aromatic carbocycles. The molecule has 0 aliphatic heterocycles. The summed E-state index contributed by atoms with van der Waals surface area (Å²) in [6.07, 6.45) is 1.30. The van der Waals surface area contributed by atoms with Gasteiger partial charge in [-0.1, -0.05) is 0 Å².